The van der Waals surface area contributed by atoms with Crippen molar-refractivity contribution in [3.8, 4) is 0 Å². The summed E-state index contributed by atoms with van der Waals surface area (Å²) in [6, 6.07) is 18.0. The number of hydrogen-bond acceptors (Lipinski definition) is 5. The van der Waals surface area contributed by atoms with Crippen molar-refractivity contribution in [2.75, 3.05) is 19.0 Å². The maximum absolute atomic E-state index is 12.7. The highest BCUT2D eigenvalue weighted by atomic mass is 32.2. The highest BCUT2D eigenvalue weighted by molar-refractivity contribution is 8.15. The molecule has 0 radical (unpaired) electrons. The molecule has 2 aromatic rings. The average Bonchev–Trinajstić information content (AvgIpc) is 2.98. The summed E-state index contributed by atoms with van der Waals surface area (Å²) in [5.41, 5.74) is 3.19. The summed E-state index contributed by atoms with van der Waals surface area (Å²) in [6.07, 6.45) is 2.50. The SMILES string of the molecule is CC[C@H]1S/C(=N/N=C\c2ccc(N(C)C)cc2)N(Cc2ccccc2)C1=O. The number of anilines is 1. The molecular formula is C21H24N4OS. The van der Waals surface area contributed by atoms with Gasteiger partial charge in [0.2, 0.25) is 5.91 Å². The number of hydrogen-bond donors (Lipinski definition) is 0. The Morgan fingerprint density at radius 3 is 2.44 bits per heavy atom. The summed E-state index contributed by atoms with van der Waals surface area (Å²) < 4.78 is 0. The van der Waals surface area contributed by atoms with Crippen molar-refractivity contribution in [3.63, 3.8) is 0 Å². The molecule has 2 aromatic carbocycles. The number of rotatable bonds is 6. The lowest BCUT2D eigenvalue weighted by Crippen LogP contribution is -2.31. The Bertz CT molecular complexity index is 831. The number of nitrogens with zero attached hydrogens (tertiary/aromatic N) is 4. The molecule has 1 heterocycles. The molecule has 0 spiro atoms. The predicted molar refractivity (Wildman–Crippen MR) is 114 cm³/mol. The number of carbonyl (C=O) groups excluding carboxylic acids is 1. The number of amidine groups is 1. The third-order valence-electron chi connectivity index (χ3n) is 4.33. The largest absolute Gasteiger partial charge is 0.378 e. The van der Waals surface area contributed by atoms with Gasteiger partial charge in [0.1, 0.15) is 0 Å². The first kappa shape index (κ1) is 19.2. The smallest absolute Gasteiger partial charge is 0.242 e. The van der Waals surface area contributed by atoms with Crippen molar-refractivity contribution >= 4 is 34.7 Å². The van der Waals surface area contributed by atoms with Crippen LogP contribution in [0, 0.1) is 0 Å². The van der Waals surface area contributed by atoms with Crippen LogP contribution in [-0.2, 0) is 11.3 Å². The van der Waals surface area contributed by atoms with Gasteiger partial charge >= 0.3 is 0 Å². The topological polar surface area (TPSA) is 48.3 Å². The molecule has 140 valence electrons. The van der Waals surface area contributed by atoms with E-state index in [0.717, 1.165) is 23.2 Å². The Hall–Kier alpha value is -2.60. The zero-order valence-electron chi connectivity index (χ0n) is 15.9. The second-order valence-electron chi connectivity index (χ2n) is 6.54. The molecule has 0 saturated carbocycles. The van der Waals surface area contributed by atoms with Crippen LogP contribution in [0.4, 0.5) is 5.69 Å². The van der Waals surface area contributed by atoms with E-state index < -0.39 is 0 Å². The third kappa shape index (κ3) is 4.77. The Kier molecular flexibility index (Phi) is 6.29. The maximum Gasteiger partial charge on any atom is 0.242 e. The zero-order valence-corrected chi connectivity index (χ0v) is 16.7. The first-order valence-electron chi connectivity index (χ1n) is 8.99. The number of benzene rings is 2. The second-order valence-corrected chi connectivity index (χ2v) is 7.71. The first-order chi connectivity index (χ1) is 13.1. The van der Waals surface area contributed by atoms with Gasteiger partial charge < -0.3 is 4.90 Å². The molecule has 1 amide bonds. The Morgan fingerprint density at radius 2 is 1.81 bits per heavy atom. The normalized spacial score (nSPS) is 18.6. The Balaban J connectivity index is 1.76. The summed E-state index contributed by atoms with van der Waals surface area (Å²) >= 11 is 1.49. The van der Waals surface area contributed by atoms with Crippen LogP contribution in [0.3, 0.4) is 0 Å². The van der Waals surface area contributed by atoms with Crippen molar-refractivity contribution in [1.29, 1.82) is 0 Å². The lowest BCUT2D eigenvalue weighted by Gasteiger charge is -2.15. The molecule has 0 aromatic heterocycles. The van der Waals surface area contributed by atoms with Crippen molar-refractivity contribution in [2.45, 2.75) is 25.1 Å². The van der Waals surface area contributed by atoms with Crippen LogP contribution in [0.5, 0.6) is 0 Å². The number of carbonyl (C=O) groups is 1. The fourth-order valence-electron chi connectivity index (χ4n) is 2.76. The van der Waals surface area contributed by atoms with E-state index in [-0.39, 0.29) is 11.2 Å². The van der Waals surface area contributed by atoms with Gasteiger partial charge in [-0.3, -0.25) is 9.69 Å². The van der Waals surface area contributed by atoms with E-state index in [2.05, 4.69) is 10.2 Å². The lowest BCUT2D eigenvalue weighted by molar-refractivity contribution is -0.126. The van der Waals surface area contributed by atoms with Crippen molar-refractivity contribution < 1.29 is 4.79 Å². The second kappa shape index (κ2) is 8.86. The molecule has 1 aliphatic rings. The molecule has 5 nitrogen and oxygen atoms in total. The molecule has 6 heteroatoms. The minimum Gasteiger partial charge on any atom is -0.378 e. The highest BCUT2D eigenvalue weighted by Gasteiger charge is 2.36. The monoisotopic (exact) mass is 380 g/mol. The van der Waals surface area contributed by atoms with Crippen LogP contribution in [0.25, 0.3) is 0 Å². The van der Waals surface area contributed by atoms with Gasteiger partial charge in [-0.15, -0.1) is 5.10 Å². The Morgan fingerprint density at radius 1 is 1.11 bits per heavy atom. The van der Waals surface area contributed by atoms with E-state index in [1.165, 1.54) is 11.8 Å². The van der Waals surface area contributed by atoms with Gasteiger partial charge in [-0.2, -0.15) is 5.10 Å². The van der Waals surface area contributed by atoms with E-state index in [4.69, 9.17) is 0 Å². The van der Waals surface area contributed by atoms with Crippen molar-refractivity contribution in [1.82, 2.24) is 4.90 Å². The minimum atomic E-state index is -0.0814. The molecular weight excluding hydrogens is 356 g/mol. The molecule has 1 saturated heterocycles. The standard InChI is InChI=1S/C21H24N4OS/c1-4-19-20(26)25(15-17-8-6-5-7-9-17)21(27-19)23-22-14-16-10-12-18(13-11-16)24(2)3/h5-14,19H,4,15H2,1-3H3/b22-14-,23-21+/t19-/m1/s1. The quantitative estimate of drug-likeness (QED) is 0.562. The van der Waals surface area contributed by atoms with Crippen LogP contribution < -0.4 is 4.90 Å². The lowest BCUT2D eigenvalue weighted by atomic mass is 10.2. The number of thioether (sulfide) groups is 1. The maximum atomic E-state index is 12.7. The molecule has 1 atom stereocenters. The van der Waals surface area contributed by atoms with E-state index in [1.807, 2.05) is 80.5 Å². The first-order valence-corrected chi connectivity index (χ1v) is 9.87. The summed E-state index contributed by atoms with van der Waals surface area (Å²) in [4.78, 5) is 16.4. The molecule has 1 aliphatic heterocycles. The van der Waals surface area contributed by atoms with Crippen molar-refractivity contribution in [2.24, 2.45) is 10.2 Å². The van der Waals surface area contributed by atoms with E-state index in [0.29, 0.717) is 11.7 Å². The van der Waals surface area contributed by atoms with Crippen LogP contribution in [0.15, 0.2) is 64.8 Å². The van der Waals surface area contributed by atoms with E-state index >= 15 is 0 Å². The summed E-state index contributed by atoms with van der Waals surface area (Å²) in [7, 11) is 4.02. The highest BCUT2D eigenvalue weighted by Crippen LogP contribution is 2.30. The van der Waals surface area contributed by atoms with Crippen LogP contribution >= 0.6 is 11.8 Å². The average molecular weight is 381 g/mol. The van der Waals surface area contributed by atoms with Gasteiger partial charge in [0, 0.05) is 19.8 Å². The molecule has 0 N–H and O–H groups in total. The molecule has 1 fully saturated rings. The number of amides is 1. The van der Waals surface area contributed by atoms with Gasteiger partial charge in [-0.25, -0.2) is 0 Å². The summed E-state index contributed by atoms with van der Waals surface area (Å²) in [5.74, 6) is 0.107. The molecule has 0 bridgehead atoms. The fourth-order valence-corrected chi connectivity index (χ4v) is 3.79. The molecule has 0 aliphatic carbocycles. The third-order valence-corrected chi connectivity index (χ3v) is 5.67. The fraction of sp³-hybridized carbons (Fsp3) is 0.286. The zero-order chi connectivity index (χ0) is 19.2. The van der Waals surface area contributed by atoms with Gasteiger partial charge in [-0.05, 0) is 29.7 Å². The summed E-state index contributed by atoms with van der Waals surface area (Å²) in [6.45, 7) is 2.55. The molecule has 27 heavy (non-hydrogen) atoms. The Labute approximate surface area is 164 Å². The van der Waals surface area contributed by atoms with E-state index in [1.54, 1.807) is 11.1 Å². The van der Waals surface area contributed by atoms with E-state index in [9.17, 15) is 4.79 Å². The summed E-state index contributed by atoms with van der Waals surface area (Å²) in [5, 5.41) is 9.16. The van der Waals surface area contributed by atoms with Crippen LogP contribution in [-0.4, -0.2) is 41.5 Å². The predicted octanol–water partition coefficient (Wildman–Crippen LogP) is 4.00. The van der Waals surface area contributed by atoms with Crippen LogP contribution in [0.1, 0.15) is 24.5 Å². The minimum absolute atomic E-state index is 0.0814. The molecule has 0 unspecified atom stereocenters. The van der Waals surface area contributed by atoms with Crippen LogP contribution in [0.2, 0.25) is 0 Å². The van der Waals surface area contributed by atoms with Gasteiger partial charge in [0.15, 0.2) is 5.17 Å². The molecule has 3 rings (SSSR count). The van der Waals surface area contributed by atoms with Crippen molar-refractivity contribution in [3.05, 3.63) is 65.7 Å². The van der Waals surface area contributed by atoms with Gasteiger partial charge in [0.25, 0.3) is 0 Å². The van der Waals surface area contributed by atoms with Gasteiger partial charge in [0.05, 0.1) is 18.0 Å². The van der Waals surface area contributed by atoms with Gasteiger partial charge in [-0.1, -0.05) is 61.2 Å².